The molecule has 5 nitrogen and oxygen atoms in total. The highest BCUT2D eigenvalue weighted by Crippen LogP contribution is 2.31. The molecule has 0 radical (unpaired) electrons. The summed E-state index contributed by atoms with van der Waals surface area (Å²) in [5, 5.41) is 3.50. The van der Waals surface area contributed by atoms with Gasteiger partial charge in [0.15, 0.2) is 0 Å². The van der Waals surface area contributed by atoms with Crippen LogP contribution in [0.1, 0.15) is 21.5 Å². The predicted octanol–water partition coefficient (Wildman–Crippen LogP) is 3.92. The maximum absolute atomic E-state index is 12.7. The van der Waals surface area contributed by atoms with Gasteiger partial charge in [-0.05, 0) is 41.5 Å². The number of carbonyl (C=O) groups is 2. The lowest BCUT2D eigenvalue weighted by Crippen LogP contribution is -2.38. The van der Waals surface area contributed by atoms with Crippen molar-refractivity contribution in [3.05, 3.63) is 94.5 Å². The summed E-state index contributed by atoms with van der Waals surface area (Å²) in [7, 11) is -1.43. The second kappa shape index (κ2) is 8.81. The first-order valence-electron chi connectivity index (χ1n) is 9.40. The minimum atomic E-state index is -1.43. The Kier molecular flexibility index (Phi) is 5.97. The molecule has 0 bridgehead atoms. The third kappa shape index (κ3) is 4.45. The summed E-state index contributed by atoms with van der Waals surface area (Å²) in [5.74, 6) is -0.560. The zero-order valence-electron chi connectivity index (χ0n) is 16.0. The van der Waals surface area contributed by atoms with Crippen molar-refractivity contribution in [3.8, 4) is 0 Å². The summed E-state index contributed by atoms with van der Waals surface area (Å²) >= 11 is 5.95. The molecule has 3 aromatic carbocycles. The zero-order chi connectivity index (χ0) is 21.1. The Bertz CT molecular complexity index is 1120. The molecule has 0 aromatic heterocycles. The molecule has 4 rings (SSSR count). The molecule has 1 atom stereocenters. The smallest absolute Gasteiger partial charge is 0.251 e. The van der Waals surface area contributed by atoms with E-state index in [1.807, 2.05) is 42.5 Å². The fraction of sp³-hybridized carbons (Fsp3) is 0.130. The van der Waals surface area contributed by atoms with E-state index in [0.29, 0.717) is 34.3 Å². The third-order valence-corrected chi connectivity index (χ3v) is 6.46. The lowest BCUT2D eigenvalue weighted by atomic mass is 10.1. The molecule has 0 aliphatic carbocycles. The molecule has 0 spiro atoms. The van der Waals surface area contributed by atoms with Crippen molar-refractivity contribution in [3.63, 3.8) is 0 Å². The average molecular weight is 439 g/mol. The van der Waals surface area contributed by atoms with Crippen LogP contribution in [0.2, 0.25) is 5.02 Å². The molecule has 1 N–H and O–H groups in total. The molecule has 2 amide bonds. The van der Waals surface area contributed by atoms with Crippen molar-refractivity contribution in [2.75, 3.05) is 10.7 Å². The highest BCUT2D eigenvalue weighted by molar-refractivity contribution is 7.86. The number of hydrogen-bond acceptors (Lipinski definition) is 3. The number of carbonyl (C=O) groups excluding carboxylic acids is 2. The number of benzene rings is 3. The molecule has 0 fully saturated rings. The van der Waals surface area contributed by atoms with Crippen LogP contribution < -0.4 is 10.2 Å². The highest BCUT2D eigenvalue weighted by atomic mass is 35.5. The predicted molar refractivity (Wildman–Crippen MR) is 118 cm³/mol. The first-order chi connectivity index (χ1) is 14.5. The summed E-state index contributed by atoms with van der Waals surface area (Å²) in [5.41, 5.74) is 2.80. The quantitative estimate of drug-likeness (QED) is 0.656. The minimum absolute atomic E-state index is 0.0693. The van der Waals surface area contributed by atoms with E-state index in [9.17, 15) is 13.8 Å². The number of amides is 2. The maximum atomic E-state index is 12.7. The van der Waals surface area contributed by atoms with E-state index in [0.717, 1.165) is 11.1 Å². The maximum Gasteiger partial charge on any atom is 0.251 e. The molecule has 3 aromatic rings. The van der Waals surface area contributed by atoms with Crippen LogP contribution in [0.4, 0.5) is 5.69 Å². The van der Waals surface area contributed by atoms with Gasteiger partial charge in [-0.3, -0.25) is 13.8 Å². The number of fused-ring (bicyclic) bond motifs is 1. The van der Waals surface area contributed by atoms with Gasteiger partial charge < -0.3 is 10.2 Å². The van der Waals surface area contributed by atoms with E-state index in [4.69, 9.17) is 11.6 Å². The number of anilines is 1. The standard InChI is InChI=1S/C23H19ClN2O3S/c24-19-9-6-17(7-10-19)14-26-20-12-18(8-11-21(20)30(29)15-22(26)27)23(28)25-13-16-4-2-1-3-5-16/h1-12H,13-15H2,(H,25,28). The van der Waals surface area contributed by atoms with Crippen molar-refractivity contribution in [2.45, 2.75) is 18.0 Å². The first-order valence-corrected chi connectivity index (χ1v) is 11.1. The van der Waals surface area contributed by atoms with Gasteiger partial charge in [0, 0.05) is 17.1 Å². The van der Waals surface area contributed by atoms with Crippen LogP contribution in [0.5, 0.6) is 0 Å². The molecular weight excluding hydrogens is 420 g/mol. The van der Waals surface area contributed by atoms with Gasteiger partial charge in [0.05, 0.1) is 27.9 Å². The van der Waals surface area contributed by atoms with Crippen molar-refractivity contribution in [1.29, 1.82) is 0 Å². The average Bonchev–Trinajstić information content (AvgIpc) is 2.76. The molecule has 1 heterocycles. The van der Waals surface area contributed by atoms with Crippen molar-refractivity contribution < 1.29 is 13.8 Å². The lowest BCUT2D eigenvalue weighted by molar-refractivity contribution is -0.116. The summed E-state index contributed by atoms with van der Waals surface area (Å²) < 4.78 is 12.5. The summed E-state index contributed by atoms with van der Waals surface area (Å²) in [6.07, 6.45) is 0. The zero-order valence-corrected chi connectivity index (χ0v) is 17.6. The number of halogens is 1. The Labute approximate surface area is 182 Å². The molecular formula is C23H19ClN2O3S. The Morgan fingerprint density at radius 1 is 1.00 bits per heavy atom. The second-order valence-corrected chi connectivity index (χ2v) is 8.80. The Balaban J connectivity index is 1.59. The Morgan fingerprint density at radius 2 is 1.73 bits per heavy atom. The number of nitrogens with zero attached hydrogens (tertiary/aromatic N) is 1. The first kappa shape index (κ1) is 20.3. The van der Waals surface area contributed by atoms with Gasteiger partial charge in [-0.15, -0.1) is 0 Å². The van der Waals surface area contributed by atoms with E-state index < -0.39 is 10.8 Å². The van der Waals surface area contributed by atoms with Gasteiger partial charge in [-0.2, -0.15) is 0 Å². The molecule has 0 saturated carbocycles. The molecule has 1 aliphatic rings. The number of rotatable bonds is 5. The SMILES string of the molecule is O=C(NCc1ccccc1)c1ccc2c(c1)N(Cc1ccc(Cl)cc1)C(=O)CS2=O. The van der Waals surface area contributed by atoms with E-state index in [1.54, 1.807) is 35.2 Å². The Morgan fingerprint density at radius 3 is 2.47 bits per heavy atom. The van der Waals surface area contributed by atoms with Gasteiger partial charge in [-0.25, -0.2) is 0 Å². The van der Waals surface area contributed by atoms with Gasteiger partial charge in [-0.1, -0.05) is 54.1 Å². The van der Waals surface area contributed by atoms with Crippen LogP contribution in [-0.4, -0.2) is 21.8 Å². The van der Waals surface area contributed by atoms with Crippen LogP contribution in [0.3, 0.4) is 0 Å². The molecule has 1 aliphatic heterocycles. The second-order valence-electron chi connectivity index (χ2n) is 6.95. The van der Waals surface area contributed by atoms with E-state index in [1.165, 1.54) is 0 Å². The van der Waals surface area contributed by atoms with Crippen LogP contribution in [0, 0.1) is 0 Å². The summed E-state index contributed by atoms with van der Waals surface area (Å²) in [4.78, 5) is 27.4. The van der Waals surface area contributed by atoms with Crippen LogP contribution >= 0.6 is 11.6 Å². The van der Waals surface area contributed by atoms with Crippen molar-refractivity contribution in [2.24, 2.45) is 0 Å². The number of nitrogens with one attached hydrogen (secondary N) is 1. The fourth-order valence-corrected chi connectivity index (χ4v) is 4.57. The normalized spacial score (nSPS) is 15.6. The minimum Gasteiger partial charge on any atom is -0.348 e. The highest BCUT2D eigenvalue weighted by Gasteiger charge is 2.30. The summed E-state index contributed by atoms with van der Waals surface area (Å²) in [6.45, 7) is 0.714. The van der Waals surface area contributed by atoms with E-state index in [2.05, 4.69) is 5.32 Å². The Hall–Kier alpha value is -2.96. The van der Waals surface area contributed by atoms with Crippen molar-refractivity contribution in [1.82, 2.24) is 5.32 Å². The van der Waals surface area contributed by atoms with Crippen LogP contribution in [-0.2, 0) is 28.7 Å². The van der Waals surface area contributed by atoms with Gasteiger partial charge in [0.2, 0.25) is 5.91 Å². The molecule has 1 unspecified atom stereocenters. The van der Waals surface area contributed by atoms with Crippen LogP contribution in [0.15, 0.2) is 77.7 Å². The van der Waals surface area contributed by atoms with Gasteiger partial charge in [0.1, 0.15) is 5.75 Å². The summed E-state index contributed by atoms with van der Waals surface area (Å²) in [6, 6.07) is 21.8. The molecule has 0 saturated heterocycles. The third-order valence-electron chi connectivity index (χ3n) is 4.86. The largest absolute Gasteiger partial charge is 0.348 e. The number of hydrogen-bond donors (Lipinski definition) is 1. The topological polar surface area (TPSA) is 66.5 Å². The fourth-order valence-electron chi connectivity index (χ4n) is 3.29. The molecule has 152 valence electrons. The van der Waals surface area contributed by atoms with Gasteiger partial charge in [0.25, 0.3) is 5.91 Å². The van der Waals surface area contributed by atoms with Gasteiger partial charge >= 0.3 is 0 Å². The van der Waals surface area contributed by atoms with Crippen LogP contribution in [0.25, 0.3) is 0 Å². The molecule has 30 heavy (non-hydrogen) atoms. The van der Waals surface area contributed by atoms with E-state index in [-0.39, 0.29) is 17.6 Å². The van der Waals surface area contributed by atoms with E-state index >= 15 is 0 Å². The monoisotopic (exact) mass is 438 g/mol. The lowest BCUT2D eigenvalue weighted by Gasteiger charge is -2.29. The van der Waals surface area contributed by atoms with Crippen molar-refractivity contribution >= 4 is 39.9 Å². The molecule has 7 heteroatoms.